The second-order valence-electron chi connectivity index (χ2n) is 3.51. The Morgan fingerprint density at radius 1 is 0.933 bits per heavy atom. The molecule has 1 aromatic carbocycles. The lowest BCUT2D eigenvalue weighted by molar-refractivity contribution is 0.537. The van der Waals surface area contributed by atoms with Gasteiger partial charge < -0.3 is 8.83 Å². The standard InChI is InChI=1S/C12H8O3/c1-7-6-9-3-2-8-4-5-10(13)15-11(8)12(9)14-7/h2-6H,1H3. The fraction of sp³-hybridized carbons (Fsp3) is 0.0833. The van der Waals surface area contributed by atoms with E-state index in [0.29, 0.717) is 11.2 Å². The molecule has 15 heavy (non-hydrogen) atoms. The van der Waals surface area contributed by atoms with E-state index >= 15 is 0 Å². The van der Waals surface area contributed by atoms with Gasteiger partial charge in [0.2, 0.25) is 0 Å². The highest BCUT2D eigenvalue weighted by Crippen LogP contribution is 2.26. The minimum atomic E-state index is -0.357. The van der Waals surface area contributed by atoms with E-state index in [2.05, 4.69) is 0 Å². The summed E-state index contributed by atoms with van der Waals surface area (Å²) in [6, 6.07) is 8.92. The smallest absolute Gasteiger partial charge is 0.336 e. The van der Waals surface area contributed by atoms with Crippen LogP contribution in [-0.4, -0.2) is 0 Å². The second-order valence-corrected chi connectivity index (χ2v) is 3.51. The zero-order valence-corrected chi connectivity index (χ0v) is 8.11. The lowest BCUT2D eigenvalue weighted by atomic mass is 10.2. The minimum Gasteiger partial charge on any atom is -0.457 e. The van der Waals surface area contributed by atoms with Crippen molar-refractivity contribution in [3.63, 3.8) is 0 Å². The summed E-state index contributed by atoms with van der Waals surface area (Å²) in [5.41, 5.74) is 0.805. The number of rotatable bonds is 0. The highest BCUT2D eigenvalue weighted by molar-refractivity contribution is 6.00. The summed E-state index contributed by atoms with van der Waals surface area (Å²) in [5.74, 6) is 0.809. The van der Waals surface area contributed by atoms with Crippen LogP contribution in [0.3, 0.4) is 0 Å². The molecular weight excluding hydrogens is 192 g/mol. The summed E-state index contributed by atoms with van der Waals surface area (Å²) in [6.07, 6.45) is 0. The van der Waals surface area contributed by atoms with E-state index in [1.807, 2.05) is 25.1 Å². The molecule has 3 heteroatoms. The molecule has 0 fully saturated rings. The third-order valence-corrected chi connectivity index (χ3v) is 2.40. The number of aryl methyl sites for hydroxylation is 1. The molecule has 74 valence electrons. The fourth-order valence-electron chi connectivity index (χ4n) is 1.75. The third kappa shape index (κ3) is 1.16. The van der Waals surface area contributed by atoms with E-state index in [0.717, 1.165) is 16.5 Å². The molecule has 0 aliphatic carbocycles. The van der Waals surface area contributed by atoms with Crippen molar-refractivity contribution in [1.29, 1.82) is 0 Å². The lowest BCUT2D eigenvalue weighted by Crippen LogP contribution is -1.93. The molecule has 2 heterocycles. The Labute approximate surface area is 84.9 Å². The van der Waals surface area contributed by atoms with E-state index < -0.39 is 0 Å². The molecule has 0 spiro atoms. The predicted octanol–water partition coefficient (Wildman–Crippen LogP) is 2.85. The minimum absolute atomic E-state index is 0.357. The van der Waals surface area contributed by atoms with Crippen molar-refractivity contribution >= 4 is 21.9 Å². The van der Waals surface area contributed by atoms with Crippen LogP contribution in [0.2, 0.25) is 0 Å². The van der Waals surface area contributed by atoms with Crippen LogP contribution < -0.4 is 5.63 Å². The Bertz CT molecular complexity index is 704. The van der Waals surface area contributed by atoms with E-state index in [-0.39, 0.29) is 5.63 Å². The molecule has 0 aliphatic rings. The topological polar surface area (TPSA) is 43.4 Å². The van der Waals surface area contributed by atoms with Crippen LogP contribution in [0, 0.1) is 6.92 Å². The van der Waals surface area contributed by atoms with Crippen molar-refractivity contribution in [1.82, 2.24) is 0 Å². The van der Waals surface area contributed by atoms with E-state index in [4.69, 9.17) is 8.83 Å². The predicted molar refractivity (Wildman–Crippen MR) is 57.0 cm³/mol. The first-order valence-corrected chi connectivity index (χ1v) is 4.67. The van der Waals surface area contributed by atoms with Crippen LogP contribution >= 0.6 is 0 Å². The number of fused-ring (bicyclic) bond motifs is 3. The maximum absolute atomic E-state index is 11.1. The molecule has 0 atom stereocenters. The Morgan fingerprint density at radius 3 is 2.47 bits per heavy atom. The van der Waals surface area contributed by atoms with Gasteiger partial charge in [0.15, 0.2) is 11.2 Å². The van der Waals surface area contributed by atoms with Crippen LogP contribution in [0.25, 0.3) is 21.9 Å². The summed E-state index contributed by atoms with van der Waals surface area (Å²) >= 11 is 0. The SMILES string of the molecule is Cc1cc2ccc3ccc(=O)oc3c2o1. The van der Waals surface area contributed by atoms with Crippen LogP contribution in [0.1, 0.15) is 5.76 Å². The maximum atomic E-state index is 11.1. The van der Waals surface area contributed by atoms with Crippen molar-refractivity contribution < 1.29 is 8.83 Å². The number of hydrogen-bond acceptors (Lipinski definition) is 3. The second kappa shape index (κ2) is 2.73. The van der Waals surface area contributed by atoms with Gasteiger partial charge in [0, 0.05) is 16.8 Å². The van der Waals surface area contributed by atoms with Gasteiger partial charge in [-0.15, -0.1) is 0 Å². The van der Waals surface area contributed by atoms with Gasteiger partial charge >= 0.3 is 5.63 Å². The van der Waals surface area contributed by atoms with Crippen LogP contribution in [-0.2, 0) is 0 Å². The monoisotopic (exact) mass is 200 g/mol. The molecular formula is C12H8O3. The van der Waals surface area contributed by atoms with Gasteiger partial charge in [0.1, 0.15) is 5.76 Å². The summed E-state index contributed by atoms with van der Waals surface area (Å²) in [5, 5.41) is 1.82. The van der Waals surface area contributed by atoms with Crippen molar-refractivity contribution in [2.24, 2.45) is 0 Å². The average Bonchev–Trinajstić information content (AvgIpc) is 2.58. The van der Waals surface area contributed by atoms with Gasteiger partial charge in [0.25, 0.3) is 0 Å². The Hall–Kier alpha value is -2.03. The Morgan fingerprint density at radius 2 is 1.60 bits per heavy atom. The highest BCUT2D eigenvalue weighted by Gasteiger charge is 2.07. The van der Waals surface area contributed by atoms with E-state index in [1.165, 1.54) is 6.07 Å². The number of benzene rings is 1. The van der Waals surface area contributed by atoms with Crippen LogP contribution in [0.15, 0.2) is 44.0 Å². The quantitative estimate of drug-likeness (QED) is 0.524. The molecule has 0 saturated heterocycles. The molecule has 0 saturated carbocycles. The first-order chi connectivity index (χ1) is 7.24. The van der Waals surface area contributed by atoms with Crippen molar-refractivity contribution in [2.75, 3.05) is 0 Å². The molecule has 0 aliphatic heterocycles. The fourth-order valence-corrected chi connectivity index (χ4v) is 1.75. The summed E-state index contributed by atoms with van der Waals surface area (Å²) < 4.78 is 10.6. The van der Waals surface area contributed by atoms with Crippen LogP contribution in [0.5, 0.6) is 0 Å². The van der Waals surface area contributed by atoms with E-state index in [1.54, 1.807) is 6.07 Å². The van der Waals surface area contributed by atoms with Gasteiger partial charge in [-0.25, -0.2) is 4.79 Å². The molecule has 3 nitrogen and oxygen atoms in total. The summed E-state index contributed by atoms with van der Waals surface area (Å²) in [6.45, 7) is 1.87. The molecule has 3 aromatic rings. The molecule has 0 bridgehead atoms. The third-order valence-electron chi connectivity index (χ3n) is 2.40. The largest absolute Gasteiger partial charge is 0.457 e. The molecule has 2 aromatic heterocycles. The molecule has 0 unspecified atom stereocenters. The Balaban J connectivity index is 2.62. The van der Waals surface area contributed by atoms with Gasteiger partial charge in [-0.3, -0.25) is 0 Å². The van der Waals surface area contributed by atoms with Crippen LogP contribution in [0.4, 0.5) is 0 Å². The van der Waals surface area contributed by atoms with Gasteiger partial charge in [-0.05, 0) is 19.1 Å². The molecule has 0 amide bonds. The molecule has 0 N–H and O–H groups in total. The van der Waals surface area contributed by atoms with Crippen molar-refractivity contribution in [2.45, 2.75) is 6.92 Å². The van der Waals surface area contributed by atoms with Gasteiger partial charge in [0.05, 0.1) is 0 Å². The van der Waals surface area contributed by atoms with Gasteiger partial charge in [-0.2, -0.15) is 0 Å². The average molecular weight is 200 g/mol. The number of furan rings is 1. The first kappa shape index (κ1) is 8.29. The summed E-state index contributed by atoms with van der Waals surface area (Å²) in [7, 11) is 0. The maximum Gasteiger partial charge on any atom is 0.336 e. The first-order valence-electron chi connectivity index (χ1n) is 4.67. The van der Waals surface area contributed by atoms with E-state index in [9.17, 15) is 4.79 Å². The number of hydrogen-bond donors (Lipinski definition) is 0. The molecule has 0 radical (unpaired) electrons. The van der Waals surface area contributed by atoms with Crippen molar-refractivity contribution in [3.05, 3.63) is 46.5 Å². The van der Waals surface area contributed by atoms with Crippen molar-refractivity contribution in [3.8, 4) is 0 Å². The zero-order valence-electron chi connectivity index (χ0n) is 8.11. The Kier molecular flexibility index (Phi) is 1.51. The normalized spacial score (nSPS) is 11.3. The lowest BCUT2D eigenvalue weighted by Gasteiger charge is -1.95. The van der Waals surface area contributed by atoms with Gasteiger partial charge in [-0.1, -0.05) is 12.1 Å². The molecule has 3 rings (SSSR count). The highest BCUT2D eigenvalue weighted by atomic mass is 16.4. The zero-order chi connectivity index (χ0) is 10.4. The summed E-state index contributed by atoms with van der Waals surface area (Å²) in [4.78, 5) is 11.1.